The molecule has 3 aromatic carbocycles. The first-order chi connectivity index (χ1) is 22.0. The number of carboxylic acids is 1. The van der Waals surface area contributed by atoms with E-state index in [0.29, 0.717) is 43.7 Å². The Morgan fingerprint density at radius 3 is 2.26 bits per heavy atom. The van der Waals surface area contributed by atoms with Crippen molar-refractivity contribution in [1.82, 2.24) is 9.55 Å². The Balaban J connectivity index is 1.67. The maximum Gasteiger partial charge on any atom is 0.335 e. The molecule has 0 spiro atoms. The predicted molar refractivity (Wildman–Crippen MR) is 173 cm³/mol. The maximum absolute atomic E-state index is 11.9. The van der Waals surface area contributed by atoms with Crippen LogP contribution in [0.15, 0.2) is 83.9 Å². The molecule has 0 saturated carbocycles. The highest BCUT2D eigenvalue weighted by Crippen LogP contribution is 2.41. The normalized spacial score (nSPS) is 22.0. The molecule has 46 heavy (non-hydrogen) atoms. The van der Waals surface area contributed by atoms with Crippen molar-refractivity contribution in [2.45, 2.75) is 50.6 Å². The van der Waals surface area contributed by atoms with Gasteiger partial charge in [-0.05, 0) is 80.6 Å². The number of anilines is 2. The number of para-hydroxylation sites is 2. The third kappa shape index (κ3) is 6.13. The topological polar surface area (TPSA) is 159 Å². The zero-order valence-corrected chi connectivity index (χ0v) is 26.1. The Morgan fingerprint density at radius 1 is 0.957 bits per heavy atom. The van der Waals surface area contributed by atoms with Crippen molar-refractivity contribution in [2.24, 2.45) is 4.99 Å². The van der Waals surface area contributed by atoms with Crippen LogP contribution in [-0.2, 0) is 9.53 Å². The number of benzene rings is 4. The van der Waals surface area contributed by atoms with E-state index in [0.717, 1.165) is 11.2 Å². The van der Waals surface area contributed by atoms with Gasteiger partial charge in [-0.1, -0.05) is 35.3 Å². The average molecular weight is 666 g/mol. The molecule has 2 heterocycles. The van der Waals surface area contributed by atoms with Gasteiger partial charge in [-0.15, -0.1) is 0 Å². The van der Waals surface area contributed by atoms with Gasteiger partial charge >= 0.3 is 5.97 Å². The number of halogens is 2. The molecule has 13 heteroatoms. The number of ether oxygens (including phenoxy) is 2. The van der Waals surface area contributed by atoms with Crippen LogP contribution < -0.4 is 15.4 Å². The number of aliphatic hydroxyl groups excluding tert-OH is 3. The van der Waals surface area contributed by atoms with Crippen molar-refractivity contribution in [1.29, 1.82) is 0 Å². The highest BCUT2D eigenvalue weighted by Gasteiger charge is 2.48. The van der Waals surface area contributed by atoms with Crippen LogP contribution >= 0.6 is 23.2 Å². The van der Waals surface area contributed by atoms with Crippen LogP contribution in [0.4, 0.5) is 11.4 Å². The lowest BCUT2D eigenvalue weighted by atomic mass is 9.99. The highest BCUT2D eigenvalue weighted by molar-refractivity contribution is 6.30. The van der Waals surface area contributed by atoms with Gasteiger partial charge in [-0.25, -0.2) is 9.78 Å². The molecule has 0 bridgehead atoms. The lowest BCUT2D eigenvalue weighted by Crippen LogP contribution is -2.61. The molecule has 3 aliphatic rings. The van der Waals surface area contributed by atoms with Crippen molar-refractivity contribution < 1.29 is 34.7 Å². The third-order valence-corrected chi connectivity index (χ3v) is 7.96. The molecule has 0 unspecified atom stereocenters. The van der Waals surface area contributed by atoms with E-state index in [1.165, 1.54) is 0 Å². The van der Waals surface area contributed by atoms with Crippen molar-refractivity contribution in [3.63, 3.8) is 0 Å². The van der Waals surface area contributed by atoms with Gasteiger partial charge in [0.2, 0.25) is 6.29 Å². The van der Waals surface area contributed by atoms with E-state index in [1.54, 1.807) is 36.4 Å². The van der Waals surface area contributed by atoms with Crippen molar-refractivity contribution in [3.05, 3.63) is 94.3 Å². The third-order valence-electron chi connectivity index (χ3n) is 7.45. The van der Waals surface area contributed by atoms with Crippen LogP contribution in [0.2, 0.25) is 10.0 Å². The fourth-order valence-corrected chi connectivity index (χ4v) is 5.58. The first-order valence-corrected chi connectivity index (χ1v) is 15.2. The van der Waals surface area contributed by atoms with E-state index in [9.17, 15) is 25.2 Å². The van der Waals surface area contributed by atoms with E-state index < -0.39 is 36.7 Å². The van der Waals surface area contributed by atoms with Crippen molar-refractivity contribution in [3.8, 4) is 22.8 Å². The van der Waals surface area contributed by atoms with Gasteiger partial charge in [0.25, 0.3) is 0 Å². The highest BCUT2D eigenvalue weighted by atomic mass is 35.5. The number of rotatable bonds is 7. The summed E-state index contributed by atoms with van der Waals surface area (Å²) in [5.41, 5.74) is 3.90. The molecule has 11 nitrogen and oxygen atoms in total. The predicted octanol–water partition coefficient (Wildman–Crippen LogP) is 4.76. The number of carboxylic acid groups (broad SMARTS) is 1. The van der Waals surface area contributed by atoms with E-state index in [4.69, 9.17) is 42.7 Å². The molecule has 1 saturated heterocycles. The summed E-state index contributed by atoms with van der Waals surface area (Å²) in [6.45, 7) is 3.82. The Labute approximate surface area is 273 Å². The number of aliphatic carboxylic acids is 1. The van der Waals surface area contributed by atoms with Gasteiger partial charge in [-0.3, -0.25) is 4.99 Å². The summed E-state index contributed by atoms with van der Waals surface area (Å²) < 4.78 is 13.8. The quantitative estimate of drug-likeness (QED) is 0.155. The first kappa shape index (κ1) is 31.7. The molecule has 238 valence electrons. The minimum absolute atomic E-state index is 0.0529. The van der Waals surface area contributed by atoms with Crippen LogP contribution in [0.1, 0.15) is 13.8 Å². The van der Waals surface area contributed by atoms with Gasteiger partial charge < -0.3 is 39.8 Å². The minimum Gasteiger partial charge on any atom is -0.479 e. The number of nitrogens with zero attached hydrogens (tertiary/aromatic N) is 3. The number of aromatic nitrogens is 2. The Morgan fingerprint density at radius 2 is 1.61 bits per heavy atom. The van der Waals surface area contributed by atoms with Gasteiger partial charge in [0.1, 0.15) is 29.7 Å². The first-order valence-electron chi connectivity index (χ1n) is 14.4. The van der Waals surface area contributed by atoms with Crippen LogP contribution in [0, 0.1) is 0 Å². The molecule has 0 radical (unpaired) electrons. The van der Waals surface area contributed by atoms with Gasteiger partial charge in [0.15, 0.2) is 11.9 Å². The summed E-state index contributed by atoms with van der Waals surface area (Å²) in [6, 6.07) is 23.3. The average Bonchev–Trinajstić information content (AvgIpc) is 3.02. The number of fused-ring (bicyclic) bond motifs is 2. The van der Waals surface area contributed by atoms with Crippen LogP contribution in [0.25, 0.3) is 28.1 Å². The van der Waals surface area contributed by atoms with Gasteiger partial charge in [0.05, 0.1) is 22.1 Å². The largest absolute Gasteiger partial charge is 0.479 e. The van der Waals surface area contributed by atoms with E-state index in [1.807, 2.05) is 60.9 Å². The number of hydrogen-bond donors (Lipinski definition) is 5. The number of nitrogens with one attached hydrogen (secondary N) is 1. The molecular weight excluding hydrogens is 635 g/mol. The standard InChI is InChI=1S/C33H30Cl2N4O7/c1-16(2)36-22-15-24-26(38-21-5-3-4-6-23(21)39(24)20-13-9-18(35)10-14-20)30(25(22)37-19-11-7-17(34)8-12-19)45-33-29(42)27(40)28(41)31(46-33)32(43)44/h3-16,27-29,31,33,37,40-42H,1-2H3,(H,43,44)/t27-,28-,29+,31-,33+/m0/s1. The number of carbonyl (C=O) groups is 1. The van der Waals surface area contributed by atoms with E-state index in [-0.39, 0.29) is 11.8 Å². The van der Waals surface area contributed by atoms with Crippen LogP contribution in [0.5, 0.6) is 5.75 Å². The van der Waals surface area contributed by atoms with Gasteiger partial charge in [0, 0.05) is 27.5 Å². The molecule has 3 aromatic rings. The summed E-state index contributed by atoms with van der Waals surface area (Å²) in [6.07, 6.45) is -9.19. The number of hydrogen-bond acceptors (Lipinski definition) is 9. The number of aliphatic hydroxyl groups is 3. The fraction of sp³-hybridized carbons (Fsp3) is 0.242. The van der Waals surface area contributed by atoms with E-state index in [2.05, 4.69) is 5.32 Å². The molecule has 5 N–H and O–H groups in total. The fourth-order valence-electron chi connectivity index (χ4n) is 5.32. The summed E-state index contributed by atoms with van der Waals surface area (Å²) in [4.78, 5) is 21.7. The summed E-state index contributed by atoms with van der Waals surface area (Å²) in [5, 5.41) is 46.4. The lowest BCUT2D eigenvalue weighted by Gasteiger charge is -2.39. The Hall–Kier alpha value is -4.23. The lowest BCUT2D eigenvalue weighted by molar-refractivity contribution is -0.271. The second kappa shape index (κ2) is 12.9. The molecule has 0 amide bonds. The smallest absolute Gasteiger partial charge is 0.335 e. The van der Waals surface area contributed by atoms with Crippen molar-refractivity contribution >= 4 is 51.6 Å². The Bertz CT molecular complexity index is 1930. The van der Waals surface area contributed by atoms with E-state index >= 15 is 0 Å². The summed E-state index contributed by atoms with van der Waals surface area (Å²) in [7, 11) is 0. The Kier molecular flexibility index (Phi) is 8.88. The molecule has 6 rings (SSSR count). The van der Waals surface area contributed by atoms with Gasteiger partial charge in [-0.2, -0.15) is 0 Å². The zero-order chi connectivity index (χ0) is 32.7. The summed E-state index contributed by atoms with van der Waals surface area (Å²) >= 11 is 12.4. The monoisotopic (exact) mass is 664 g/mol. The van der Waals surface area contributed by atoms with Crippen molar-refractivity contribution in [2.75, 3.05) is 5.32 Å². The molecule has 1 fully saturated rings. The second-order valence-corrected chi connectivity index (χ2v) is 12.0. The molecular formula is C33H30Cl2N4O7. The molecule has 0 aromatic heterocycles. The van der Waals surface area contributed by atoms with Crippen LogP contribution in [0.3, 0.4) is 0 Å². The second-order valence-electron chi connectivity index (χ2n) is 11.1. The van der Waals surface area contributed by atoms with Crippen LogP contribution in [-0.4, -0.2) is 72.7 Å². The summed E-state index contributed by atoms with van der Waals surface area (Å²) in [5.74, 6) is -1.48. The molecule has 1 aliphatic carbocycles. The molecule has 5 atom stereocenters. The minimum atomic E-state index is -1.90. The SMILES string of the molecule is CC(C)N=c1cc2n(-c3ccc(Cl)cc3)c3ccccc3nc-2c(O[C@@H]2O[C@H](C(=O)O)[C@@H](O)[C@H](O)[C@H]2O)c1Nc1ccc(Cl)cc1. The maximum atomic E-state index is 11.9. The zero-order valence-electron chi connectivity index (χ0n) is 24.6. The molecule has 2 aliphatic heterocycles.